The van der Waals surface area contributed by atoms with Crippen LogP contribution in [0.1, 0.15) is 51.6 Å². The van der Waals surface area contributed by atoms with Crippen LogP contribution < -0.4 is 9.47 Å². The quantitative estimate of drug-likeness (QED) is 0.455. The minimum Gasteiger partial charge on any atom is -0.490 e. The summed E-state index contributed by atoms with van der Waals surface area (Å²) in [6, 6.07) is 4.95. The lowest BCUT2D eigenvalue weighted by Crippen LogP contribution is -2.45. The number of methoxy groups -OCH3 is 1. The Hall–Kier alpha value is -2.48. The predicted octanol–water partition coefficient (Wildman–Crippen LogP) is 4.09. The van der Waals surface area contributed by atoms with Gasteiger partial charge in [-0.1, -0.05) is 31.2 Å². The molecule has 1 atom stereocenters. The van der Waals surface area contributed by atoms with Crippen molar-refractivity contribution in [2.45, 2.75) is 46.1 Å². The molecule has 1 aromatic carbocycles. The summed E-state index contributed by atoms with van der Waals surface area (Å²) < 4.78 is 16.7. The molecule has 7 nitrogen and oxygen atoms in total. The SMILES string of the molecule is CCCCOc1ccc(C2C(C(=O)OC)=C(C)N=C3SCCC(=O)N32)cc1OCC. The van der Waals surface area contributed by atoms with Crippen LogP contribution in [-0.2, 0) is 14.3 Å². The number of ether oxygens (including phenoxy) is 3. The fourth-order valence-electron chi connectivity index (χ4n) is 3.49. The van der Waals surface area contributed by atoms with E-state index in [2.05, 4.69) is 11.9 Å². The van der Waals surface area contributed by atoms with Crippen molar-refractivity contribution >= 4 is 28.8 Å². The van der Waals surface area contributed by atoms with Gasteiger partial charge in [-0.3, -0.25) is 9.69 Å². The van der Waals surface area contributed by atoms with Crippen molar-refractivity contribution in [3.63, 3.8) is 0 Å². The van der Waals surface area contributed by atoms with E-state index in [9.17, 15) is 9.59 Å². The average Bonchev–Trinajstić information content (AvgIpc) is 2.74. The highest BCUT2D eigenvalue weighted by Gasteiger charge is 2.41. The van der Waals surface area contributed by atoms with Crippen molar-refractivity contribution in [3.05, 3.63) is 35.0 Å². The molecule has 0 spiro atoms. The number of fused-ring (bicyclic) bond motifs is 1. The van der Waals surface area contributed by atoms with Gasteiger partial charge in [0.25, 0.3) is 0 Å². The van der Waals surface area contributed by atoms with Crippen LogP contribution in [0.2, 0.25) is 0 Å². The fourth-order valence-corrected chi connectivity index (χ4v) is 4.50. The number of hydrogen-bond donors (Lipinski definition) is 0. The number of esters is 1. The molecule has 1 saturated heterocycles. The number of hydrogen-bond acceptors (Lipinski definition) is 7. The molecule has 0 radical (unpaired) electrons. The van der Waals surface area contributed by atoms with E-state index in [0.717, 1.165) is 18.4 Å². The van der Waals surface area contributed by atoms with E-state index in [0.29, 0.717) is 53.3 Å². The van der Waals surface area contributed by atoms with E-state index in [1.807, 2.05) is 25.1 Å². The molecule has 2 aliphatic rings. The molecular weight excluding hydrogens is 404 g/mol. The van der Waals surface area contributed by atoms with Crippen LogP contribution in [0.5, 0.6) is 11.5 Å². The van der Waals surface area contributed by atoms with Crippen LogP contribution >= 0.6 is 11.8 Å². The van der Waals surface area contributed by atoms with Gasteiger partial charge in [0.1, 0.15) is 0 Å². The predicted molar refractivity (Wildman–Crippen MR) is 117 cm³/mol. The third kappa shape index (κ3) is 4.48. The molecule has 2 heterocycles. The van der Waals surface area contributed by atoms with Crippen molar-refractivity contribution in [2.75, 3.05) is 26.1 Å². The summed E-state index contributed by atoms with van der Waals surface area (Å²) >= 11 is 1.52. The lowest BCUT2D eigenvalue weighted by Gasteiger charge is -2.38. The highest BCUT2D eigenvalue weighted by molar-refractivity contribution is 8.14. The highest BCUT2D eigenvalue weighted by Crippen LogP contribution is 2.42. The van der Waals surface area contributed by atoms with Gasteiger partial charge in [0, 0.05) is 12.2 Å². The molecule has 1 amide bonds. The van der Waals surface area contributed by atoms with Gasteiger partial charge in [0.2, 0.25) is 5.91 Å². The van der Waals surface area contributed by atoms with Gasteiger partial charge >= 0.3 is 5.97 Å². The smallest absolute Gasteiger partial charge is 0.338 e. The number of rotatable bonds is 8. The van der Waals surface area contributed by atoms with E-state index >= 15 is 0 Å². The number of allylic oxidation sites excluding steroid dienone is 1. The number of benzene rings is 1. The summed E-state index contributed by atoms with van der Waals surface area (Å²) in [7, 11) is 1.34. The number of amidine groups is 1. The van der Waals surface area contributed by atoms with Crippen molar-refractivity contribution in [3.8, 4) is 11.5 Å². The minimum absolute atomic E-state index is 0.0624. The Balaban J connectivity index is 2.07. The number of amides is 1. The normalized spacial score (nSPS) is 18.7. The molecule has 3 rings (SSSR count). The maximum atomic E-state index is 12.8. The zero-order chi connectivity index (χ0) is 21.7. The summed E-state index contributed by atoms with van der Waals surface area (Å²) in [5.41, 5.74) is 1.67. The van der Waals surface area contributed by atoms with E-state index in [1.165, 1.54) is 18.9 Å². The number of thioether (sulfide) groups is 1. The first kappa shape index (κ1) is 22.2. The molecule has 0 aromatic heterocycles. The lowest BCUT2D eigenvalue weighted by atomic mass is 9.94. The van der Waals surface area contributed by atoms with Gasteiger partial charge in [-0.05, 0) is 38.0 Å². The maximum absolute atomic E-state index is 12.8. The Morgan fingerprint density at radius 1 is 1.27 bits per heavy atom. The van der Waals surface area contributed by atoms with Gasteiger partial charge in [0.15, 0.2) is 16.7 Å². The summed E-state index contributed by atoms with van der Waals surface area (Å²) in [4.78, 5) is 31.6. The number of nitrogens with zero attached hydrogens (tertiary/aromatic N) is 2. The Bertz CT molecular complexity index is 880. The minimum atomic E-state index is -0.617. The van der Waals surface area contributed by atoms with E-state index < -0.39 is 12.0 Å². The molecule has 8 heteroatoms. The average molecular weight is 433 g/mol. The largest absolute Gasteiger partial charge is 0.490 e. The summed E-state index contributed by atoms with van der Waals surface area (Å²) in [5.74, 6) is 1.36. The van der Waals surface area contributed by atoms with Crippen molar-refractivity contribution < 1.29 is 23.8 Å². The van der Waals surface area contributed by atoms with Gasteiger partial charge in [-0.15, -0.1) is 0 Å². The van der Waals surface area contributed by atoms with Gasteiger partial charge in [-0.25, -0.2) is 9.79 Å². The first-order valence-corrected chi connectivity index (χ1v) is 11.2. The summed E-state index contributed by atoms with van der Waals surface area (Å²) in [6.07, 6.45) is 2.38. The molecule has 0 N–H and O–H groups in total. The number of carbonyl (C=O) groups is 2. The Morgan fingerprint density at radius 2 is 2.07 bits per heavy atom. The van der Waals surface area contributed by atoms with Crippen LogP contribution in [0.25, 0.3) is 0 Å². The molecule has 1 unspecified atom stereocenters. The third-order valence-electron chi connectivity index (χ3n) is 4.95. The van der Waals surface area contributed by atoms with Crippen LogP contribution in [0.4, 0.5) is 0 Å². The molecule has 1 aromatic rings. The molecule has 30 heavy (non-hydrogen) atoms. The highest BCUT2D eigenvalue weighted by atomic mass is 32.2. The van der Waals surface area contributed by atoms with E-state index in [-0.39, 0.29) is 5.91 Å². The Morgan fingerprint density at radius 3 is 2.77 bits per heavy atom. The fraction of sp³-hybridized carbons (Fsp3) is 0.500. The van der Waals surface area contributed by atoms with Crippen molar-refractivity contribution in [1.29, 1.82) is 0 Å². The van der Waals surface area contributed by atoms with E-state index in [4.69, 9.17) is 14.2 Å². The molecular formula is C22H28N2O5S. The van der Waals surface area contributed by atoms with E-state index in [1.54, 1.807) is 11.8 Å². The number of unbranched alkanes of at least 4 members (excludes halogenated alkanes) is 1. The van der Waals surface area contributed by atoms with Crippen LogP contribution in [0, 0.1) is 0 Å². The zero-order valence-corrected chi connectivity index (χ0v) is 18.7. The maximum Gasteiger partial charge on any atom is 0.338 e. The molecule has 2 aliphatic heterocycles. The van der Waals surface area contributed by atoms with Crippen LogP contribution in [-0.4, -0.2) is 48.0 Å². The Kier molecular flexibility index (Phi) is 7.42. The van der Waals surface area contributed by atoms with Gasteiger partial charge < -0.3 is 14.2 Å². The topological polar surface area (TPSA) is 77.4 Å². The van der Waals surface area contributed by atoms with Crippen LogP contribution in [0.3, 0.4) is 0 Å². The summed E-state index contributed by atoms with van der Waals surface area (Å²) in [6.45, 7) is 6.86. The molecule has 162 valence electrons. The van der Waals surface area contributed by atoms with Gasteiger partial charge in [0.05, 0.1) is 37.6 Å². The Labute approximate surface area is 181 Å². The second kappa shape index (κ2) is 10.0. The standard InChI is InChI=1S/C22H28N2O5S/c1-5-7-11-29-16-9-8-15(13-17(16)28-6-2)20-19(21(26)27-4)14(3)23-22-24(20)18(25)10-12-30-22/h8-9,13,20H,5-7,10-12H2,1-4H3. The number of carbonyl (C=O) groups excluding carboxylic acids is 2. The molecule has 0 saturated carbocycles. The monoisotopic (exact) mass is 432 g/mol. The van der Waals surface area contributed by atoms with Crippen molar-refractivity contribution in [2.24, 2.45) is 4.99 Å². The second-order valence-corrected chi connectivity index (χ2v) is 8.05. The summed E-state index contributed by atoms with van der Waals surface area (Å²) in [5, 5.41) is 0.614. The first-order chi connectivity index (χ1) is 14.5. The molecule has 0 bridgehead atoms. The first-order valence-electron chi connectivity index (χ1n) is 10.2. The van der Waals surface area contributed by atoms with Gasteiger partial charge in [-0.2, -0.15) is 0 Å². The van der Waals surface area contributed by atoms with Crippen molar-refractivity contribution in [1.82, 2.24) is 4.90 Å². The zero-order valence-electron chi connectivity index (χ0n) is 17.9. The third-order valence-corrected chi connectivity index (χ3v) is 5.91. The van der Waals surface area contributed by atoms with Crippen LogP contribution in [0.15, 0.2) is 34.5 Å². The second-order valence-electron chi connectivity index (χ2n) is 6.99. The lowest BCUT2D eigenvalue weighted by molar-refractivity contribution is -0.137. The molecule has 0 aliphatic carbocycles. The molecule has 1 fully saturated rings. The number of aliphatic imine (C=N–C) groups is 1.